The summed E-state index contributed by atoms with van der Waals surface area (Å²) >= 11 is 5.81. The van der Waals surface area contributed by atoms with Gasteiger partial charge in [-0.05, 0) is 35.6 Å². The van der Waals surface area contributed by atoms with Gasteiger partial charge in [-0.3, -0.25) is 14.9 Å². The maximum absolute atomic E-state index is 12.6. The van der Waals surface area contributed by atoms with Crippen molar-refractivity contribution in [1.82, 2.24) is 9.97 Å². The number of halogens is 1. The number of benzene rings is 1. The molecule has 3 rings (SSSR count). The number of ether oxygens (including phenoxy) is 1. The predicted molar refractivity (Wildman–Crippen MR) is 85.9 cm³/mol. The molecule has 1 heterocycles. The second kappa shape index (κ2) is 6.16. The van der Waals surface area contributed by atoms with E-state index in [1.165, 1.54) is 7.11 Å². The summed E-state index contributed by atoms with van der Waals surface area (Å²) < 4.78 is 5.01. The Bertz CT molecular complexity index is 827. The van der Waals surface area contributed by atoms with E-state index >= 15 is 0 Å². The van der Waals surface area contributed by atoms with Crippen molar-refractivity contribution in [1.29, 1.82) is 0 Å². The van der Waals surface area contributed by atoms with Gasteiger partial charge in [-0.2, -0.15) is 0 Å². The predicted octanol–water partition coefficient (Wildman–Crippen LogP) is 2.64. The number of fused-ring (bicyclic) bond motifs is 1. The van der Waals surface area contributed by atoms with Crippen LogP contribution in [0.3, 0.4) is 0 Å². The van der Waals surface area contributed by atoms with Crippen molar-refractivity contribution < 1.29 is 14.5 Å². The Morgan fingerprint density at radius 1 is 1.46 bits per heavy atom. The third-order valence-corrected chi connectivity index (χ3v) is 4.59. The monoisotopic (exact) mass is 347 g/mol. The SMILES string of the molecule is COC(=O)C1(Cc2nc(Cl)ncc2[N+](=O)[O-])CCc2ccccc21. The van der Waals surface area contributed by atoms with Crippen LogP contribution in [0.4, 0.5) is 5.69 Å². The van der Waals surface area contributed by atoms with Crippen LogP contribution in [0.15, 0.2) is 30.5 Å². The molecule has 124 valence electrons. The lowest BCUT2D eigenvalue weighted by atomic mass is 9.77. The highest BCUT2D eigenvalue weighted by Crippen LogP contribution is 2.43. The van der Waals surface area contributed by atoms with Gasteiger partial charge in [0, 0.05) is 6.42 Å². The number of hydrogen-bond acceptors (Lipinski definition) is 6. The van der Waals surface area contributed by atoms with E-state index in [2.05, 4.69) is 9.97 Å². The number of carbonyl (C=O) groups excluding carboxylic acids is 1. The van der Waals surface area contributed by atoms with E-state index in [-0.39, 0.29) is 23.1 Å². The Kier molecular flexibility index (Phi) is 4.19. The van der Waals surface area contributed by atoms with Crippen molar-refractivity contribution >= 4 is 23.3 Å². The van der Waals surface area contributed by atoms with Gasteiger partial charge in [-0.1, -0.05) is 24.3 Å². The minimum atomic E-state index is -1.01. The molecule has 1 atom stereocenters. The molecule has 0 radical (unpaired) electrons. The van der Waals surface area contributed by atoms with Gasteiger partial charge < -0.3 is 4.74 Å². The molecule has 0 bridgehead atoms. The Balaban J connectivity index is 2.13. The van der Waals surface area contributed by atoms with E-state index in [4.69, 9.17) is 16.3 Å². The van der Waals surface area contributed by atoms with Crippen LogP contribution in [-0.4, -0.2) is 28.0 Å². The van der Waals surface area contributed by atoms with Crippen LogP contribution in [-0.2, 0) is 27.8 Å². The minimum absolute atomic E-state index is 0.0369. The lowest BCUT2D eigenvalue weighted by Crippen LogP contribution is -2.37. The molecule has 2 aromatic rings. The summed E-state index contributed by atoms with van der Waals surface area (Å²) in [6, 6.07) is 7.54. The van der Waals surface area contributed by atoms with Gasteiger partial charge in [-0.25, -0.2) is 9.97 Å². The van der Waals surface area contributed by atoms with Crippen LogP contribution >= 0.6 is 11.6 Å². The topological polar surface area (TPSA) is 95.2 Å². The Hall–Kier alpha value is -2.54. The zero-order valence-electron chi connectivity index (χ0n) is 12.9. The van der Waals surface area contributed by atoms with Crippen molar-refractivity contribution in [2.75, 3.05) is 7.11 Å². The Labute approximate surface area is 142 Å². The van der Waals surface area contributed by atoms with E-state index in [0.717, 1.165) is 17.3 Å². The molecule has 0 amide bonds. The third-order valence-electron chi connectivity index (χ3n) is 4.41. The van der Waals surface area contributed by atoms with Crippen LogP contribution in [0, 0.1) is 10.1 Å². The minimum Gasteiger partial charge on any atom is -0.468 e. The standard InChI is InChI=1S/C16H14ClN3O4/c1-24-14(21)16(7-6-10-4-2-3-5-11(10)16)8-12-13(20(22)23)9-18-15(17)19-12/h2-5,9H,6-8H2,1H3. The van der Waals surface area contributed by atoms with Crippen molar-refractivity contribution in [3.63, 3.8) is 0 Å². The molecule has 7 nitrogen and oxygen atoms in total. The highest BCUT2D eigenvalue weighted by atomic mass is 35.5. The molecule has 0 saturated heterocycles. The first-order valence-electron chi connectivity index (χ1n) is 7.30. The van der Waals surface area contributed by atoms with E-state index in [1.54, 1.807) is 0 Å². The molecule has 0 N–H and O–H groups in total. The number of nitro groups is 1. The van der Waals surface area contributed by atoms with Crippen molar-refractivity contribution in [2.24, 2.45) is 0 Å². The summed E-state index contributed by atoms with van der Waals surface area (Å²) in [6.45, 7) is 0. The first-order valence-corrected chi connectivity index (χ1v) is 7.68. The van der Waals surface area contributed by atoms with E-state index in [0.29, 0.717) is 12.8 Å². The van der Waals surface area contributed by atoms with Gasteiger partial charge in [0.2, 0.25) is 5.28 Å². The average molecular weight is 348 g/mol. The zero-order valence-corrected chi connectivity index (χ0v) is 13.6. The molecule has 8 heteroatoms. The van der Waals surface area contributed by atoms with Crippen molar-refractivity contribution in [3.05, 3.63) is 62.7 Å². The fraction of sp³-hybridized carbons (Fsp3) is 0.312. The second-order valence-corrected chi connectivity index (χ2v) is 5.97. The Morgan fingerprint density at radius 3 is 2.92 bits per heavy atom. The lowest BCUT2D eigenvalue weighted by molar-refractivity contribution is -0.386. The molecule has 0 spiro atoms. The molecule has 1 aromatic heterocycles. The number of aromatic nitrogens is 2. The summed E-state index contributed by atoms with van der Waals surface area (Å²) in [6.07, 6.45) is 2.29. The summed E-state index contributed by atoms with van der Waals surface area (Å²) in [5, 5.41) is 11.2. The number of nitrogens with zero attached hydrogens (tertiary/aromatic N) is 3. The number of methoxy groups -OCH3 is 1. The van der Waals surface area contributed by atoms with Gasteiger partial charge in [0.25, 0.3) is 0 Å². The summed E-state index contributed by atoms with van der Waals surface area (Å²) in [5.74, 6) is -0.434. The summed E-state index contributed by atoms with van der Waals surface area (Å²) in [4.78, 5) is 31.0. The maximum atomic E-state index is 12.6. The molecule has 24 heavy (non-hydrogen) atoms. The van der Waals surface area contributed by atoms with Crippen molar-refractivity contribution in [2.45, 2.75) is 24.7 Å². The average Bonchev–Trinajstić information content (AvgIpc) is 2.94. The van der Waals surface area contributed by atoms with Crippen LogP contribution in [0.1, 0.15) is 23.2 Å². The molecule has 1 aliphatic rings. The third kappa shape index (κ3) is 2.60. The van der Waals surface area contributed by atoms with Crippen LogP contribution < -0.4 is 0 Å². The van der Waals surface area contributed by atoms with Gasteiger partial charge in [-0.15, -0.1) is 0 Å². The largest absolute Gasteiger partial charge is 0.468 e. The highest BCUT2D eigenvalue weighted by molar-refractivity contribution is 6.28. The quantitative estimate of drug-likeness (QED) is 0.365. The van der Waals surface area contributed by atoms with Gasteiger partial charge in [0.05, 0.1) is 17.4 Å². The number of esters is 1. The van der Waals surface area contributed by atoms with E-state index < -0.39 is 16.3 Å². The number of rotatable bonds is 4. The smallest absolute Gasteiger partial charge is 0.316 e. The fourth-order valence-corrected chi connectivity index (χ4v) is 3.46. The lowest BCUT2D eigenvalue weighted by Gasteiger charge is -2.27. The van der Waals surface area contributed by atoms with E-state index in [9.17, 15) is 14.9 Å². The molecule has 0 aliphatic heterocycles. The normalized spacial score (nSPS) is 18.9. The van der Waals surface area contributed by atoms with Crippen molar-refractivity contribution in [3.8, 4) is 0 Å². The molecular formula is C16H14ClN3O4. The maximum Gasteiger partial charge on any atom is 0.316 e. The van der Waals surface area contributed by atoms with Crippen LogP contribution in [0.5, 0.6) is 0 Å². The highest BCUT2D eigenvalue weighted by Gasteiger charge is 2.47. The zero-order chi connectivity index (χ0) is 17.3. The van der Waals surface area contributed by atoms with Crippen LogP contribution in [0.2, 0.25) is 5.28 Å². The Morgan fingerprint density at radius 2 is 2.21 bits per heavy atom. The van der Waals surface area contributed by atoms with Gasteiger partial charge in [0.15, 0.2) is 0 Å². The van der Waals surface area contributed by atoms with Crippen LogP contribution in [0.25, 0.3) is 0 Å². The second-order valence-electron chi connectivity index (χ2n) is 5.64. The molecule has 1 aromatic carbocycles. The number of aryl methyl sites for hydroxylation is 1. The number of hydrogen-bond donors (Lipinski definition) is 0. The molecule has 0 fully saturated rings. The summed E-state index contributed by atoms with van der Waals surface area (Å²) in [7, 11) is 1.31. The first kappa shape index (κ1) is 16.3. The van der Waals surface area contributed by atoms with Gasteiger partial charge >= 0.3 is 11.7 Å². The fourth-order valence-electron chi connectivity index (χ4n) is 3.31. The molecule has 1 aliphatic carbocycles. The molecule has 1 unspecified atom stereocenters. The number of carbonyl (C=O) groups is 1. The summed E-state index contributed by atoms with van der Waals surface area (Å²) in [5.41, 5.74) is 0.717. The molecular weight excluding hydrogens is 334 g/mol. The molecule has 0 saturated carbocycles. The first-order chi connectivity index (χ1) is 11.5. The van der Waals surface area contributed by atoms with Gasteiger partial charge in [0.1, 0.15) is 11.9 Å². The van der Waals surface area contributed by atoms with E-state index in [1.807, 2.05) is 24.3 Å².